The van der Waals surface area contributed by atoms with Crippen molar-refractivity contribution in [3.8, 4) is 0 Å². The Labute approximate surface area is 135 Å². The van der Waals surface area contributed by atoms with Crippen LogP contribution >= 0.6 is 27.5 Å². The zero-order valence-corrected chi connectivity index (χ0v) is 14.4. The van der Waals surface area contributed by atoms with E-state index in [4.69, 9.17) is 11.6 Å². The molecule has 2 rings (SSSR count). The number of nitrogens with one attached hydrogen (secondary N) is 1. The molecule has 1 unspecified atom stereocenters. The Morgan fingerprint density at radius 1 is 1.30 bits per heavy atom. The first-order chi connectivity index (χ1) is 9.74. The number of allylic oxidation sites excluding steroid dienone is 1. The van der Waals surface area contributed by atoms with Crippen molar-refractivity contribution in [2.45, 2.75) is 51.5 Å². The molecule has 0 aliphatic heterocycles. The summed E-state index contributed by atoms with van der Waals surface area (Å²) in [6, 6.07) is 6.48. The van der Waals surface area contributed by atoms with Gasteiger partial charge in [0.05, 0.1) is 11.1 Å². The summed E-state index contributed by atoms with van der Waals surface area (Å²) in [5.74, 6) is 0. The molecular weight excluding hydrogens is 334 g/mol. The van der Waals surface area contributed by atoms with E-state index in [0.29, 0.717) is 0 Å². The van der Waals surface area contributed by atoms with Gasteiger partial charge in [-0.25, -0.2) is 0 Å². The Morgan fingerprint density at radius 2 is 2.15 bits per heavy atom. The fraction of sp³-hybridized carbons (Fsp3) is 0.529. The molecule has 1 nitrogen and oxygen atoms in total. The van der Waals surface area contributed by atoms with E-state index in [1.807, 2.05) is 6.07 Å². The monoisotopic (exact) mass is 355 g/mol. The molecule has 1 atom stereocenters. The quantitative estimate of drug-likeness (QED) is 0.635. The molecule has 0 heterocycles. The van der Waals surface area contributed by atoms with E-state index in [1.165, 1.54) is 43.2 Å². The Hall–Kier alpha value is -0.310. The summed E-state index contributed by atoms with van der Waals surface area (Å²) in [6.45, 7) is 3.22. The van der Waals surface area contributed by atoms with Crippen LogP contribution in [0, 0.1) is 0 Å². The molecule has 1 aliphatic rings. The predicted octanol–water partition coefficient (Wildman–Crippen LogP) is 6.03. The molecule has 3 heteroatoms. The van der Waals surface area contributed by atoms with Gasteiger partial charge < -0.3 is 5.32 Å². The summed E-state index contributed by atoms with van der Waals surface area (Å²) in [5, 5.41) is 4.52. The van der Waals surface area contributed by atoms with Gasteiger partial charge in [0.25, 0.3) is 0 Å². The van der Waals surface area contributed by atoms with Crippen molar-refractivity contribution in [3.05, 3.63) is 44.9 Å². The van der Waals surface area contributed by atoms with Gasteiger partial charge in [0.2, 0.25) is 0 Å². The average molecular weight is 357 g/mol. The van der Waals surface area contributed by atoms with E-state index < -0.39 is 0 Å². The van der Waals surface area contributed by atoms with Crippen molar-refractivity contribution >= 4 is 27.5 Å². The summed E-state index contributed by atoms with van der Waals surface area (Å²) >= 11 is 10.1. The zero-order valence-electron chi connectivity index (χ0n) is 12.1. The largest absolute Gasteiger partial charge is 0.306 e. The minimum atomic E-state index is 0.262. The molecule has 1 aromatic rings. The van der Waals surface area contributed by atoms with Gasteiger partial charge in [-0.05, 0) is 66.2 Å². The SMILES string of the molecule is CCCNC(C1=CCCCCC1)c1cccc(Br)c1Cl. The van der Waals surface area contributed by atoms with Crippen LogP contribution in [0.3, 0.4) is 0 Å². The van der Waals surface area contributed by atoms with E-state index in [-0.39, 0.29) is 6.04 Å². The summed E-state index contributed by atoms with van der Waals surface area (Å²) in [7, 11) is 0. The second-order valence-corrected chi connectivity index (χ2v) is 6.64. The Balaban J connectivity index is 2.30. The average Bonchev–Trinajstić information content (AvgIpc) is 2.73. The second kappa shape index (κ2) is 8.21. The fourth-order valence-electron chi connectivity index (χ4n) is 2.77. The van der Waals surface area contributed by atoms with Crippen LogP contribution in [0.2, 0.25) is 5.02 Å². The molecule has 0 saturated heterocycles. The normalized spacial score (nSPS) is 17.4. The third-order valence-electron chi connectivity index (χ3n) is 3.84. The highest BCUT2D eigenvalue weighted by Crippen LogP contribution is 2.36. The molecule has 0 bridgehead atoms. The molecule has 0 fully saturated rings. The minimum absolute atomic E-state index is 0.262. The molecular formula is C17H23BrClN. The van der Waals surface area contributed by atoms with Gasteiger partial charge in [0, 0.05) is 4.47 Å². The zero-order chi connectivity index (χ0) is 14.4. The third-order valence-corrected chi connectivity index (χ3v) is 5.15. The summed E-state index contributed by atoms with van der Waals surface area (Å²) in [5.41, 5.74) is 2.71. The topological polar surface area (TPSA) is 12.0 Å². The molecule has 1 N–H and O–H groups in total. The highest BCUT2D eigenvalue weighted by atomic mass is 79.9. The van der Waals surface area contributed by atoms with Crippen LogP contribution in [0.25, 0.3) is 0 Å². The molecule has 0 radical (unpaired) electrons. The number of hydrogen-bond acceptors (Lipinski definition) is 1. The molecule has 0 aromatic heterocycles. The predicted molar refractivity (Wildman–Crippen MR) is 91.4 cm³/mol. The molecule has 0 amide bonds. The lowest BCUT2D eigenvalue weighted by Crippen LogP contribution is -2.24. The molecule has 1 aliphatic carbocycles. The molecule has 110 valence electrons. The van der Waals surface area contributed by atoms with Gasteiger partial charge in [-0.1, -0.05) is 48.7 Å². The number of halogens is 2. The number of benzene rings is 1. The Kier molecular flexibility index (Phi) is 6.60. The lowest BCUT2D eigenvalue weighted by Gasteiger charge is -2.23. The van der Waals surface area contributed by atoms with E-state index in [1.54, 1.807) is 0 Å². The van der Waals surface area contributed by atoms with Crippen molar-refractivity contribution in [2.24, 2.45) is 0 Å². The first-order valence-electron chi connectivity index (χ1n) is 7.60. The third kappa shape index (κ3) is 4.09. The van der Waals surface area contributed by atoms with Gasteiger partial charge in [0.15, 0.2) is 0 Å². The first kappa shape index (κ1) is 16.1. The van der Waals surface area contributed by atoms with E-state index >= 15 is 0 Å². The summed E-state index contributed by atoms with van der Waals surface area (Å²) < 4.78 is 0.981. The molecule has 0 saturated carbocycles. The van der Waals surface area contributed by atoms with Gasteiger partial charge in [-0.3, -0.25) is 0 Å². The lowest BCUT2D eigenvalue weighted by atomic mass is 9.95. The fourth-order valence-corrected chi connectivity index (χ4v) is 3.39. The Morgan fingerprint density at radius 3 is 2.95 bits per heavy atom. The molecule has 0 spiro atoms. The molecule has 1 aromatic carbocycles. The van der Waals surface area contributed by atoms with E-state index in [2.05, 4.69) is 46.4 Å². The van der Waals surface area contributed by atoms with Crippen molar-refractivity contribution in [2.75, 3.05) is 6.54 Å². The smallest absolute Gasteiger partial charge is 0.0599 e. The van der Waals surface area contributed by atoms with Crippen LogP contribution in [0.15, 0.2) is 34.3 Å². The van der Waals surface area contributed by atoms with Crippen LogP contribution in [0.5, 0.6) is 0 Å². The Bertz CT molecular complexity index is 470. The van der Waals surface area contributed by atoms with Crippen LogP contribution in [0.1, 0.15) is 57.1 Å². The van der Waals surface area contributed by atoms with Crippen LogP contribution in [-0.4, -0.2) is 6.54 Å². The second-order valence-electron chi connectivity index (χ2n) is 5.41. The first-order valence-corrected chi connectivity index (χ1v) is 8.77. The van der Waals surface area contributed by atoms with Gasteiger partial charge >= 0.3 is 0 Å². The maximum Gasteiger partial charge on any atom is 0.0599 e. The summed E-state index contributed by atoms with van der Waals surface area (Å²) in [4.78, 5) is 0. The van der Waals surface area contributed by atoms with E-state index in [9.17, 15) is 0 Å². The standard InChI is InChI=1S/C17H23BrClN/c1-2-12-20-17(13-8-5-3-4-6-9-13)14-10-7-11-15(18)16(14)19/h7-8,10-11,17,20H,2-6,9,12H2,1H3. The maximum atomic E-state index is 6.51. The van der Waals surface area contributed by atoms with Gasteiger partial charge in [0.1, 0.15) is 0 Å². The maximum absolute atomic E-state index is 6.51. The minimum Gasteiger partial charge on any atom is -0.306 e. The van der Waals surface area contributed by atoms with Crippen molar-refractivity contribution in [1.29, 1.82) is 0 Å². The highest BCUT2D eigenvalue weighted by molar-refractivity contribution is 9.10. The lowest BCUT2D eigenvalue weighted by molar-refractivity contribution is 0.567. The van der Waals surface area contributed by atoms with Crippen LogP contribution in [-0.2, 0) is 0 Å². The highest BCUT2D eigenvalue weighted by Gasteiger charge is 2.20. The van der Waals surface area contributed by atoms with Gasteiger partial charge in [-0.15, -0.1) is 0 Å². The molecule has 20 heavy (non-hydrogen) atoms. The van der Waals surface area contributed by atoms with Crippen LogP contribution < -0.4 is 5.32 Å². The van der Waals surface area contributed by atoms with Crippen LogP contribution in [0.4, 0.5) is 0 Å². The number of hydrogen-bond donors (Lipinski definition) is 1. The van der Waals surface area contributed by atoms with Crippen molar-refractivity contribution < 1.29 is 0 Å². The van der Waals surface area contributed by atoms with Crippen molar-refractivity contribution in [1.82, 2.24) is 5.32 Å². The summed E-state index contributed by atoms with van der Waals surface area (Å²) in [6.07, 6.45) is 9.90. The van der Waals surface area contributed by atoms with E-state index in [0.717, 1.165) is 22.5 Å². The number of rotatable bonds is 5. The van der Waals surface area contributed by atoms with Crippen molar-refractivity contribution in [3.63, 3.8) is 0 Å². The van der Waals surface area contributed by atoms with Gasteiger partial charge in [-0.2, -0.15) is 0 Å².